The van der Waals surface area contributed by atoms with E-state index in [0.29, 0.717) is 11.1 Å². The van der Waals surface area contributed by atoms with Crippen LogP contribution in [0, 0.1) is 5.41 Å². The van der Waals surface area contributed by atoms with E-state index in [1.54, 1.807) is 4.68 Å². The van der Waals surface area contributed by atoms with Gasteiger partial charge in [-0.25, -0.2) is 9.67 Å². The number of nitrogens with one attached hydrogen (secondary N) is 1. The normalized spacial score (nSPS) is 23.8. The number of nitrogens with zero attached hydrogens (tertiary/aromatic N) is 6. The van der Waals surface area contributed by atoms with Crippen LogP contribution < -0.4 is 10.2 Å². The number of rotatable bonds is 6. The SMILES string of the molecule is Cn1nc(C(=O)NC2CCN(CCN3CCC4(CCCCC4)CC3)CC2)c2ccc(N3CCCCCC3)nc21. The average Bonchev–Trinajstić information content (AvgIpc) is 3.12. The summed E-state index contributed by atoms with van der Waals surface area (Å²) in [5.41, 5.74) is 1.99. The fourth-order valence-electron chi connectivity index (χ4n) is 7.66. The van der Waals surface area contributed by atoms with Crippen molar-refractivity contribution in [2.75, 3.05) is 57.3 Å². The van der Waals surface area contributed by atoms with Gasteiger partial charge in [0, 0.05) is 52.4 Å². The van der Waals surface area contributed by atoms with E-state index in [1.807, 2.05) is 13.1 Å². The lowest BCUT2D eigenvalue weighted by Gasteiger charge is -2.45. The molecule has 4 fully saturated rings. The molecule has 3 aliphatic heterocycles. The fraction of sp³-hybridized carbons (Fsp3) is 0.774. The number of aryl methyl sites for hydroxylation is 1. The second-order valence-electron chi connectivity index (χ2n) is 12.9. The van der Waals surface area contributed by atoms with Crippen molar-refractivity contribution in [2.24, 2.45) is 12.5 Å². The number of amides is 1. The lowest BCUT2D eigenvalue weighted by Crippen LogP contribution is -2.48. The van der Waals surface area contributed by atoms with Gasteiger partial charge in [-0.1, -0.05) is 32.1 Å². The Morgan fingerprint density at radius 2 is 1.49 bits per heavy atom. The van der Waals surface area contributed by atoms with E-state index in [0.717, 1.165) is 62.4 Å². The summed E-state index contributed by atoms with van der Waals surface area (Å²) in [5, 5.41) is 8.74. The molecule has 0 radical (unpaired) electrons. The van der Waals surface area contributed by atoms with E-state index in [4.69, 9.17) is 4.98 Å². The van der Waals surface area contributed by atoms with Gasteiger partial charge >= 0.3 is 0 Å². The minimum absolute atomic E-state index is 0.0617. The molecule has 2 aromatic heterocycles. The minimum atomic E-state index is -0.0617. The van der Waals surface area contributed by atoms with Crippen LogP contribution in [0.3, 0.4) is 0 Å². The molecule has 6 rings (SSSR count). The van der Waals surface area contributed by atoms with Crippen molar-refractivity contribution < 1.29 is 4.79 Å². The maximum absolute atomic E-state index is 13.3. The maximum atomic E-state index is 13.3. The Labute approximate surface area is 234 Å². The monoisotopic (exact) mass is 535 g/mol. The number of piperidine rings is 2. The van der Waals surface area contributed by atoms with Crippen molar-refractivity contribution in [3.63, 3.8) is 0 Å². The van der Waals surface area contributed by atoms with Crippen molar-refractivity contribution in [1.82, 2.24) is 29.9 Å². The Balaban J connectivity index is 0.972. The molecule has 1 spiro atoms. The summed E-state index contributed by atoms with van der Waals surface area (Å²) >= 11 is 0. The molecule has 8 heteroatoms. The van der Waals surface area contributed by atoms with E-state index in [9.17, 15) is 4.79 Å². The Kier molecular flexibility index (Phi) is 8.40. The zero-order valence-electron chi connectivity index (χ0n) is 24.2. The van der Waals surface area contributed by atoms with Gasteiger partial charge in [0.1, 0.15) is 5.82 Å². The van der Waals surface area contributed by atoms with Gasteiger partial charge in [-0.3, -0.25) is 4.79 Å². The Bertz CT molecular complexity index is 1100. The topological polar surface area (TPSA) is 69.5 Å². The van der Waals surface area contributed by atoms with Crippen molar-refractivity contribution in [1.29, 1.82) is 0 Å². The number of aromatic nitrogens is 3. The van der Waals surface area contributed by atoms with Crippen LogP contribution in [0.15, 0.2) is 12.1 Å². The van der Waals surface area contributed by atoms with Crippen LogP contribution in [-0.2, 0) is 7.05 Å². The smallest absolute Gasteiger partial charge is 0.272 e. The van der Waals surface area contributed by atoms with Crippen LogP contribution in [0.4, 0.5) is 5.82 Å². The number of anilines is 1. The van der Waals surface area contributed by atoms with E-state index >= 15 is 0 Å². The molecule has 1 amide bonds. The van der Waals surface area contributed by atoms with Gasteiger partial charge in [-0.2, -0.15) is 5.10 Å². The number of carbonyl (C=O) groups excluding carboxylic acids is 1. The molecule has 8 nitrogen and oxygen atoms in total. The van der Waals surface area contributed by atoms with Gasteiger partial charge in [0.25, 0.3) is 5.91 Å². The van der Waals surface area contributed by atoms with Gasteiger partial charge in [0.15, 0.2) is 11.3 Å². The highest BCUT2D eigenvalue weighted by Crippen LogP contribution is 2.44. The van der Waals surface area contributed by atoms with Crippen LogP contribution in [0.25, 0.3) is 11.0 Å². The molecule has 5 heterocycles. The number of hydrogen-bond acceptors (Lipinski definition) is 6. The predicted octanol–water partition coefficient (Wildman–Crippen LogP) is 4.59. The Morgan fingerprint density at radius 1 is 0.846 bits per heavy atom. The second-order valence-corrected chi connectivity index (χ2v) is 12.9. The van der Waals surface area contributed by atoms with E-state index in [-0.39, 0.29) is 11.9 Å². The number of hydrogen-bond donors (Lipinski definition) is 1. The minimum Gasteiger partial charge on any atom is -0.357 e. The summed E-state index contributed by atoms with van der Waals surface area (Å²) < 4.78 is 1.77. The van der Waals surface area contributed by atoms with Gasteiger partial charge in [-0.15, -0.1) is 0 Å². The van der Waals surface area contributed by atoms with Crippen LogP contribution >= 0.6 is 0 Å². The molecule has 0 aromatic carbocycles. The highest BCUT2D eigenvalue weighted by atomic mass is 16.2. The quantitative estimate of drug-likeness (QED) is 0.584. The third-order valence-electron chi connectivity index (χ3n) is 10.3. The lowest BCUT2D eigenvalue weighted by molar-refractivity contribution is 0.0594. The first-order valence-electron chi connectivity index (χ1n) is 15.9. The predicted molar refractivity (Wildman–Crippen MR) is 157 cm³/mol. The summed E-state index contributed by atoms with van der Waals surface area (Å²) in [4.78, 5) is 25.9. The Morgan fingerprint density at radius 3 is 2.18 bits per heavy atom. The van der Waals surface area contributed by atoms with Crippen molar-refractivity contribution >= 4 is 22.8 Å². The number of fused-ring (bicyclic) bond motifs is 1. The molecule has 39 heavy (non-hydrogen) atoms. The fourth-order valence-corrected chi connectivity index (χ4v) is 7.66. The number of pyridine rings is 1. The van der Waals surface area contributed by atoms with Crippen LogP contribution in [-0.4, -0.2) is 88.9 Å². The third kappa shape index (κ3) is 6.27. The van der Waals surface area contributed by atoms with Crippen LogP contribution in [0.1, 0.15) is 94.0 Å². The molecule has 4 aliphatic rings. The van der Waals surface area contributed by atoms with E-state index in [2.05, 4.69) is 31.2 Å². The van der Waals surface area contributed by atoms with Crippen molar-refractivity contribution in [3.05, 3.63) is 17.8 Å². The molecule has 0 unspecified atom stereocenters. The molecule has 2 aromatic rings. The standard InChI is InChI=1S/C31H49N7O/c1-35-29-26(9-10-27(33-29)38-17-7-2-3-8-18-38)28(34-35)30(39)32-25-11-19-36(20-12-25)23-24-37-21-15-31(16-22-37)13-5-4-6-14-31/h9-10,25H,2-8,11-24H2,1H3,(H,32,39). The Hall–Kier alpha value is -2.19. The molecular weight excluding hydrogens is 486 g/mol. The van der Waals surface area contributed by atoms with Crippen molar-refractivity contribution in [3.8, 4) is 0 Å². The summed E-state index contributed by atoms with van der Waals surface area (Å²) in [6.45, 7) is 9.17. The highest BCUT2D eigenvalue weighted by Gasteiger charge is 2.35. The molecule has 0 bridgehead atoms. The summed E-state index contributed by atoms with van der Waals surface area (Å²) in [7, 11) is 1.90. The summed E-state index contributed by atoms with van der Waals surface area (Å²) in [6.07, 6.45) is 17.2. The summed E-state index contributed by atoms with van der Waals surface area (Å²) in [6, 6.07) is 4.34. The van der Waals surface area contributed by atoms with E-state index < -0.39 is 0 Å². The lowest BCUT2D eigenvalue weighted by atomic mass is 9.68. The van der Waals surface area contributed by atoms with Gasteiger partial charge < -0.3 is 20.0 Å². The first kappa shape index (κ1) is 27.0. The van der Waals surface area contributed by atoms with Crippen molar-refractivity contribution in [2.45, 2.75) is 89.5 Å². The van der Waals surface area contributed by atoms with Gasteiger partial charge in [0.2, 0.25) is 0 Å². The van der Waals surface area contributed by atoms with Gasteiger partial charge in [0.05, 0.1) is 5.39 Å². The molecule has 1 saturated carbocycles. The zero-order chi connectivity index (χ0) is 26.7. The zero-order valence-corrected chi connectivity index (χ0v) is 24.2. The first-order chi connectivity index (χ1) is 19.1. The molecule has 3 saturated heterocycles. The summed E-state index contributed by atoms with van der Waals surface area (Å²) in [5.74, 6) is 0.943. The second kappa shape index (κ2) is 12.1. The van der Waals surface area contributed by atoms with Gasteiger partial charge in [-0.05, 0) is 82.0 Å². The average molecular weight is 536 g/mol. The number of carbonyl (C=O) groups is 1. The van der Waals surface area contributed by atoms with Crippen LogP contribution in [0.2, 0.25) is 0 Å². The molecular formula is C31H49N7O. The maximum Gasteiger partial charge on any atom is 0.272 e. The van der Waals surface area contributed by atoms with Crippen LogP contribution in [0.5, 0.6) is 0 Å². The molecule has 1 N–H and O–H groups in total. The third-order valence-corrected chi connectivity index (χ3v) is 10.3. The molecule has 1 aliphatic carbocycles. The largest absolute Gasteiger partial charge is 0.357 e. The number of likely N-dealkylation sites (tertiary alicyclic amines) is 2. The molecule has 214 valence electrons. The molecule has 0 atom stereocenters. The van der Waals surface area contributed by atoms with E-state index in [1.165, 1.54) is 90.3 Å². The highest BCUT2D eigenvalue weighted by molar-refractivity contribution is 6.04. The first-order valence-corrected chi connectivity index (χ1v) is 15.9.